The van der Waals surface area contributed by atoms with Gasteiger partial charge in [-0.05, 0) is 59.7 Å². The quantitative estimate of drug-likeness (QED) is 0.787. The van der Waals surface area contributed by atoms with Crippen molar-refractivity contribution in [3.05, 3.63) is 0 Å². The minimum atomic E-state index is -0.665. The van der Waals surface area contributed by atoms with Crippen LogP contribution in [0.1, 0.15) is 33.1 Å². The van der Waals surface area contributed by atoms with Gasteiger partial charge in [-0.1, -0.05) is 0 Å². The van der Waals surface area contributed by atoms with E-state index in [2.05, 4.69) is 10.2 Å². The van der Waals surface area contributed by atoms with E-state index in [4.69, 9.17) is 0 Å². The Morgan fingerprint density at radius 3 is 2.53 bits per heavy atom. The minimum Gasteiger partial charge on any atom is -0.340 e. The average molecular weight is 267 g/mol. The number of hydrogen-bond acceptors (Lipinski definition) is 3. The maximum absolute atomic E-state index is 12.7. The van der Waals surface area contributed by atoms with E-state index < -0.39 is 5.54 Å². The molecule has 1 aliphatic carbocycles. The van der Waals surface area contributed by atoms with Crippen LogP contribution in [0.25, 0.3) is 0 Å². The molecule has 0 aromatic carbocycles. The molecule has 0 spiro atoms. The van der Waals surface area contributed by atoms with E-state index in [0.29, 0.717) is 12.5 Å². The lowest BCUT2D eigenvalue weighted by molar-refractivity contribution is -0.154. The molecule has 0 aromatic heterocycles. The lowest BCUT2D eigenvalue weighted by Crippen LogP contribution is -2.69. The van der Waals surface area contributed by atoms with Crippen molar-refractivity contribution in [1.29, 1.82) is 0 Å². The smallest absolute Gasteiger partial charge is 0.248 e. The van der Waals surface area contributed by atoms with Gasteiger partial charge < -0.3 is 15.1 Å². The van der Waals surface area contributed by atoms with Crippen LogP contribution in [-0.4, -0.2) is 60.4 Å². The molecule has 5 heteroatoms. The Kier molecular flexibility index (Phi) is 3.85. The highest BCUT2D eigenvalue weighted by Crippen LogP contribution is 2.42. The molecule has 0 radical (unpaired) electrons. The Bertz CT molecular complexity index is 379. The number of hydrogen-bond donors (Lipinski definition) is 1. The second kappa shape index (κ2) is 5.12. The summed E-state index contributed by atoms with van der Waals surface area (Å²) in [7, 11) is 4.03. The molecule has 2 amide bonds. The molecule has 1 heterocycles. The van der Waals surface area contributed by atoms with Crippen molar-refractivity contribution < 1.29 is 9.59 Å². The molecule has 19 heavy (non-hydrogen) atoms. The number of nitrogens with one attached hydrogen (secondary N) is 1. The summed E-state index contributed by atoms with van der Waals surface area (Å²) in [5.74, 6) is 0.410. The van der Waals surface area contributed by atoms with Crippen molar-refractivity contribution in [3.63, 3.8) is 0 Å². The van der Waals surface area contributed by atoms with Crippen LogP contribution >= 0.6 is 0 Å². The molecule has 5 nitrogen and oxygen atoms in total. The number of carbonyl (C=O) groups excluding carboxylic acids is 2. The van der Waals surface area contributed by atoms with Gasteiger partial charge in [-0.15, -0.1) is 0 Å². The molecule has 2 fully saturated rings. The van der Waals surface area contributed by atoms with Crippen molar-refractivity contribution in [2.75, 3.05) is 27.2 Å². The lowest BCUT2D eigenvalue weighted by Gasteiger charge is -2.43. The predicted octanol–water partition coefficient (Wildman–Crippen LogP) is 0.454. The second-order valence-electron chi connectivity index (χ2n) is 6.30. The van der Waals surface area contributed by atoms with Gasteiger partial charge in [0.25, 0.3) is 0 Å². The Hall–Kier alpha value is -1.10. The van der Waals surface area contributed by atoms with Gasteiger partial charge in [0, 0.05) is 6.54 Å². The third-order valence-corrected chi connectivity index (χ3v) is 4.33. The summed E-state index contributed by atoms with van der Waals surface area (Å²) in [6.07, 6.45) is 2.99. The minimum absolute atomic E-state index is 0.0150. The zero-order valence-corrected chi connectivity index (χ0v) is 12.4. The maximum Gasteiger partial charge on any atom is 0.248 e. The molecule has 1 saturated heterocycles. The van der Waals surface area contributed by atoms with E-state index in [1.165, 1.54) is 0 Å². The molecule has 2 rings (SSSR count). The van der Waals surface area contributed by atoms with Crippen LogP contribution in [0.3, 0.4) is 0 Å². The monoisotopic (exact) mass is 267 g/mol. The zero-order chi connectivity index (χ0) is 14.2. The maximum atomic E-state index is 12.7. The Morgan fingerprint density at radius 2 is 2.00 bits per heavy atom. The first-order chi connectivity index (χ1) is 8.86. The van der Waals surface area contributed by atoms with Crippen LogP contribution in [0.2, 0.25) is 0 Å². The normalized spacial score (nSPS) is 31.8. The van der Waals surface area contributed by atoms with Gasteiger partial charge in [0.15, 0.2) is 0 Å². The first-order valence-electron chi connectivity index (χ1n) is 7.14. The number of carbonyl (C=O) groups is 2. The van der Waals surface area contributed by atoms with Crippen LogP contribution in [0.5, 0.6) is 0 Å². The van der Waals surface area contributed by atoms with Crippen molar-refractivity contribution in [1.82, 2.24) is 15.1 Å². The first kappa shape index (κ1) is 14.3. The van der Waals surface area contributed by atoms with E-state index in [9.17, 15) is 9.59 Å². The molecule has 1 saturated carbocycles. The topological polar surface area (TPSA) is 52.7 Å². The van der Waals surface area contributed by atoms with E-state index in [-0.39, 0.29) is 17.9 Å². The third kappa shape index (κ3) is 2.76. The van der Waals surface area contributed by atoms with Crippen molar-refractivity contribution in [3.8, 4) is 0 Å². The van der Waals surface area contributed by atoms with E-state index >= 15 is 0 Å². The highest BCUT2D eigenvalue weighted by Gasteiger charge is 2.54. The average Bonchev–Trinajstić information content (AvgIpc) is 3.15. The van der Waals surface area contributed by atoms with Crippen LogP contribution in [0, 0.1) is 5.92 Å². The molecule has 108 valence electrons. The highest BCUT2D eigenvalue weighted by atomic mass is 16.2. The van der Waals surface area contributed by atoms with E-state index in [1.54, 1.807) is 4.90 Å². The molecular formula is C14H25N3O2. The van der Waals surface area contributed by atoms with Gasteiger partial charge in [0.1, 0.15) is 11.6 Å². The van der Waals surface area contributed by atoms with Gasteiger partial charge in [-0.25, -0.2) is 0 Å². The van der Waals surface area contributed by atoms with Gasteiger partial charge in [0.05, 0.1) is 0 Å². The summed E-state index contributed by atoms with van der Waals surface area (Å²) in [5, 5.41) is 2.94. The fourth-order valence-electron chi connectivity index (χ4n) is 2.82. The molecule has 1 N–H and O–H groups in total. The Labute approximate surface area is 115 Å². The van der Waals surface area contributed by atoms with Crippen molar-refractivity contribution in [2.45, 2.75) is 44.7 Å². The molecule has 1 aliphatic heterocycles. The number of piperazine rings is 1. The number of rotatable bonds is 5. The number of nitrogens with zero attached hydrogens (tertiary/aromatic N) is 2. The van der Waals surface area contributed by atoms with E-state index in [0.717, 1.165) is 25.8 Å². The predicted molar refractivity (Wildman–Crippen MR) is 73.6 cm³/mol. The van der Waals surface area contributed by atoms with Gasteiger partial charge in [-0.3, -0.25) is 9.59 Å². The van der Waals surface area contributed by atoms with Gasteiger partial charge in [0.2, 0.25) is 11.8 Å². The fourth-order valence-corrected chi connectivity index (χ4v) is 2.82. The first-order valence-corrected chi connectivity index (χ1v) is 7.14. The Balaban J connectivity index is 2.06. The molecule has 0 aromatic rings. The van der Waals surface area contributed by atoms with Crippen LogP contribution in [0.4, 0.5) is 0 Å². The summed E-state index contributed by atoms with van der Waals surface area (Å²) in [5.41, 5.74) is -0.665. The lowest BCUT2D eigenvalue weighted by atomic mass is 9.89. The standard InChI is InChI=1S/C14H25N3O2/c1-10-12(18)15-14(2,11-6-7-11)13(19)17(10)9-5-8-16(3)4/h10-11H,5-9H2,1-4H3,(H,15,18). The summed E-state index contributed by atoms with van der Waals surface area (Å²) >= 11 is 0. The van der Waals surface area contributed by atoms with Gasteiger partial charge >= 0.3 is 0 Å². The van der Waals surface area contributed by atoms with E-state index in [1.807, 2.05) is 27.9 Å². The third-order valence-electron chi connectivity index (χ3n) is 4.33. The Morgan fingerprint density at radius 1 is 1.37 bits per heavy atom. The van der Waals surface area contributed by atoms with Crippen LogP contribution < -0.4 is 5.32 Å². The van der Waals surface area contributed by atoms with Crippen LogP contribution in [-0.2, 0) is 9.59 Å². The number of amides is 2. The fraction of sp³-hybridized carbons (Fsp3) is 0.857. The summed E-state index contributed by atoms with van der Waals surface area (Å²) in [6, 6.07) is -0.346. The zero-order valence-electron chi connectivity index (χ0n) is 12.4. The second-order valence-corrected chi connectivity index (χ2v) is 6.30. The van der Waals surface area contributed by atoms with Crippen molar-refractivity contribution in [2.24, 2.45) is 5.92 Å². The highest BCUT2D eigenvalue weighted by molar-refractivity contribution is 5.99. The summed E-state index contributed by atoms with van der Waals surface area (Å²) in [4.78, 5) is 28.6. The molecule has 2 aliphatic rings. The summed E-state index contributed by atoms with van der Waals surface area (Å²) < 4.78 is 0. The summed E-state index contributed by atoms with van der Waals surface area (Å²) in [6.45, 7) is 5.29. The van der Waals surface area contributed by atoms with Crippen molar-refractivity contribution >= 4 is 11.8 Å². The molecule has 0 bridgehead atoms. The largest absolute Gasteiger partial charge is 0.340 e. The molecule has 2 atom stereocenters. The van der Waals surface area contributed by atoms with Gasteiger partial charge in [-0.2, -0.15) is 0 Å². The molecular weight excluding hydrogens is 242 g/mol. The SMILES string of the molecule is CC1C(=O)NC(C)(C2CC2)C(=O)N1CCCN(C)C. The van der Waals surface area contributed by atoms with Crippen LogP contribution in [0.15, 0.2) is 0 Å². The molecule has 2 unspecified atom stereocenters.